The maximum absolute atomic E-state index is 13.8. The van der Waals surface area contributed by atoms with Crippen LogP contribution in [0.1, 0.15) is 30.7 Å². The summed E-state index contributed by atoms with van der Waals surface area (Å²) in [7, 11) is 2.22. The van der Waals surface area contributed by atoms with Gasteiger partial charge in [0.2, 0.25) is 5.95 Å². The highest BCUT2D eigenvalue weighted by molar-refractivity contribution is 5.62. The molecule has 21 heavy (non-hydrogen) atoms. The van der Waals surface area contributed by atoms with E-state index in [-0.39, 0.29) is 0 Å². The van der Waals surface area contributed by atoms with E-state index in [1.807, 2.05) is 6.20 Å². The van der Waals surface area contributed by atoms with Crippen molar-refractivity contribution in [1.29, 1.82) is 0 Å². The maximum atomic E-state index is 13.8. The SMILES string of the molecule is CN1[C@@H]2CC[C@@H]1[C@@H](c1cncc(-c3cccnc3[18F])c1)C2. The van der Waals surface area contributed by atoms with E-state index in [9.17, 15) is 4.39 Å². The lowest BCUT2D eigenvalue weighted by Gasteiger charge is -2.22. The molecule has 0 radical (unpaired) electrons. The third kappa shape index (κ3) is 2.05. The Bertz CT molecular complexity index is 673. The molecule has 2 fully saturated rings. The first-order valence-electron chi connectivity index (χ1n) is 7.52. The fraction of sp³-hybridized carbons (Fsp3) is 0.412. The largest absolute Gasteiger partial charge is 0.300 e. The average Bonchev–Trinajstić information content (AvgIpc) is 3.03. The molecule has 2 aromatic heterocycles. The third-order valence-electron chi connectivity index (χ3n) is 5.14. The predicted molar refractivity (Wildman–Crippen MR) is 79.4 cm³/mol. The number of hydrogen-bond acceptors (Lipinski definition) is 3. The van der Waals surface area contributed by atoms with Gasteiger partial charge in [-0.15, -0.1) is 0 Å². The molecule has 0 N–H and O–H groups in total. The molecule has 2 aliphatic rings. The van der Waals surface area contributed by atoms with Gasteiger partial charge in [-0.3, -0.25) is 9.88 Å². The molecule has 0 aliphatic carbocycles. The van der Waals surface area contributed by atoms with Crippen LogP contribution in [-0.2, 0) is 0 Å². The maximum Gasteiger partial charge on any atom is 0.220 e. The molecule has 0 amide bonds. The van der Waals surface area contributed by atoms with Crippen LogP contribution < -0.4 is 0 Å². The molecule has 2 bridgehead atoms. The molecule has 2 aliphatic heterocycles. The average molecular weight is 282 g/mol. The summed E-state index contributed by atoms with van der Waals surface area (Å²) < 4.78 is 13.8. The molecule has 108 valence electrons. The van der Waals surface area contributed by atoms with Crippen molar-refractivity contribution in [2.45, 2.75) is 37.3 Å². The van der Waals surface area contributed by atoms with Gasteiger partial charge in [0.1, 0.15) is 0 Å². The molecule has 4 heteroatoms. The molecule has 3 atom stereocenters. The summed E-state index contributed by atoms with van der Waals surface area (Å²) in [6, 6.07) is 6.93. The van der Waals surface area contributed by atoms with E-state index in [1.54, 1.807) is 18.3 Å². The number of halogens is 1. The van der Waals surface area contributed by atoms with Crippen molar-refractivity contribution in [3.05, 3.63) is 48.3 Å². The number of hydrogen-bond donors (Lipinski definition) is 0. The van der Waals surface area contributed by atoms with Crippen molar-refractivity contribution in [2.75, 3.05) is 7.05 Å². The summed E-state index contributed by atoms with van der Waals surface area (Å²) in [5.74, 6) is 0.0995. The fourth-order valence-electron chi connectivity index (χ4n) is 4.03. The van der Waals surface area contributed by atoms with Crippen LogP contribution >= 0.6 is 0 Å². The van der Waals surface area contributed by atoms with Gasteiger partial charge in [-0.05, 0) is 50.1 Å². The highest BCUT2D eigenvalue weighted by Gasteiger charge is 2.44. The Morgan fingerprint density at radius 2 is 2.19 bits per heavy atom. The van der Waals surface area contributed by atoms with Crippen LogP contribution in [0.15, 0.2) is 36.8 Å². The van der Waals surface area contributed by atoms with Crippen molar-refractivity contribution in [3.8, 4) is 11.1 Å². The van der Waals surface area contributed by atoms with Gasteiger partial charge in [-0.1, -0.05) is 0 Å². The Morgan fingerprint density at radius 3 is 2.90 bits per heavy atom. The van der Waals surface area contributed by atoms with E-state index in [0.29, 0.717) is 23.6 Å². The molecule has 3 nitrogen and oxygen atoms in total. The molecule has 0 saturated carbocycles. The Kier molecular flexibility index (Phi) is 3.00. The van der Waals surface area contributed by atoms with Crippen molar-refractivity contribution in [3.63, 3.8) is 0 Å². The molecular formula is C17H18FN3. The van der Waals surface area contributed by atoms with Crippen LogP contribution in [0.3, 0.4) is 0 Å². The van der Waals surface area contributed by atoms with Crippen molar-refractivity contribution in [2.24, 2.45) is 0 Å². The monoisotopic (exact) mass is 282 g/mol. The van der Waals surface area contributed by atoms with E-state index in [2.05, 4.69) is 28.0 Å². The summed E-state index contributed by atoms with van der Waals surface area (Å²) in [5.41, 5.74) is 2.58. The van der Waals surface area contributed by atoms with Crippen LogP contribution in [0.5, 0.6) is 0 Å². The number of pyridine rings is 2. The van der Waals surface area contributed by atoms with E-state index >= 15 is 0 Å². The summed E-state index contributed by atoms with van der Waals surface area (Å²) in [6.45, 7) is 0. The molecule has 0 unspecified atom stereocenters. The van der Waals surface area contributed by atoms with Gasteiger partial charge in [0.05, 0.1) is 0 Å². The minimum atomic E-state index is -0.429. The van der Waals surface area contributed by atoms with Crippen molar-refractivity contribution >= 4 is 0 Å². The number of likely N-dealkylation sites (N-methyl/N-ethyl adjacent to an activating group) is 1. The number of nitrogens with zero attached hydrogens (tertiary/aromatic N) is 3. The lowest BCUT2D eigenvalue weighted by molar-refractivity contribution is 0.307. The molecule has 2 aromatic rings. The molecule has 0 aromatic carbocycles. The van der Waals surface area contributed by atoms with Crippen LogP contribution in [0.2, 0.25) is 0 Å². The van der Waals surface area contributed by atoms with Crippen LogP contribution in [0.4, 0.5) is 4.39 Å². The Labute approximate surface area is 123 Å². The Morgan fingerprint density at radius 1 is 1.29 bits per heavy atom. The van der Waals surface area contributed by atoms with Gasteiger partial charge < -0.3 is 0 Å². The van der Waals surface area contributed by atoms with Gasteiger partial charge in [-0.2, -0.15) is 4.39 Å². The summed E-state index contributed by atoms with van der Waals surface area (Å²) in [5, 5.41) is 0. The van der Waals surface area contributed by atoms with Crippen LogP contribution in [-0.4, -0.2) is 34.0 Å². The zero-order valence-electron chi connectivity index (χ0n) is 12.0. The highest BCUT2D eigenvalue weighted by Crippen LogP contribution is 2.45. The summed E-state index contributed by atoms with van der Waals surface area (Å²) in [4.78, 5) is 10.6. The highest BCUT2D eigenvalue weighted by atomic mass is 18.2. The zero-order valence-corrected chi connectivity index (χ0v) is 12.0. The van der Waals surface area contributed by atoms with E-state index in [0.717, 1.165) is 5.56 Å². The molecule has 4 rings (SSSR count). The second-order valence-electron chi connectivity index (χ2n) is 6.15. The number of fused-ring (bicyclic) bond motifs is 2. The van der Waals surface area contributed by atoms with E-state index in [4.69, 9.17) is 0 Å². The van der Waals surface area contributed by atoms with Gasteiger partial charge >= 0.3 is 0 Å². The minimum absolute atomic E-state index is 0.429. The predicted octanol–water partition coefficient (Wildman–Crippen LogP) is 3.23. The first-order valence-corrected chi connectivity index (χ1v) is 7.52. The minimum Gasteiger partial charge on any atom is -0.300 e. The topological polar surface area (TPSA) is 29.0 Å². The van der Waals surface area contributed by atoms with Crippen molar-refractivity contribution in [1.82, 2.24) is 14.9 Å². The first-order chi connectivity index (χ1) is 10.2. The van der Waals surface area contributed by atoms with Gasteiger partial charge in [0.15, 0.2) is 0 Å². The molecule has 4 heterocycles. The summed E-state index contributed by atoms with van der Waals surface area (Å²) >= 11 is 0. The zero-order chi connectivity index (χ0) is 14.4. The van der Waals surface area contributed by atoms with E-state index < -0.39 is 5.95 Å². The van der Waals surface area contributed by atoms with Crippen molar-refractivity contribution < 1.29 is 4.39 Å². The Balaban J connectivity index is 1.70. The normalized spacial score (nSPS) is 28.2. The standard InChI is InChI=1S/C17H18FN3/c1-21-13-4-5-16(21)15(8-13)12-7-11(9-19-10-12)14-3-2-6-20-17(14)18/h2-3,6-7,9-10,13,15-16H,4-5,8H2,1H3/t13-,15-,16-/m1/s1/i18-1. The van der Waals surface area contributed by atoms with Crippen LogP contribution in [0.25, 0.3) is 11.1 Å². The summed E-state index contributed by atoms with van der Waals surface area (Å²) in [6.07, 6.45) is 8.90. The lowest BCUT2D eigenvalue weighted by Crippen LogP contribution is -2.25. The molecule has 2 saturated heterocycles. The number of rotatable bonds is 2. The first kappa shape index (κ1) is 12.9. The third-order valence-corrected chi connectivity index (χ3v) is 5.14. The van der Waals surface area contributed by atoms with E-state index in [1.165, 1.54) is 31.0 Å². The molecular weight excluding hydrogens is 264 g/mol. The smallest absolute Gasteiger partial charge is 0.220 e. The number of aromatic nitrogens is 2. The van der Waals surface area contributed by atoms with Gasteiger partial charge in [0.25, 0.3) is 0 Å². The lowest BCUT2D eigenvalue weighted by atomic mass is 9.84. The second kappa shape index (κ2) is 4.88. The van der Waals surface area contributed by atoms with Crippen LogP contribution in [0, 0.1) is 5.95 Å². The van der Waals surface area contributed by atoms with Gasteiger partial charge in [0, 0.05) is 47.7 Å². The second-order valence-corrected chi connectivity index (χ2v) is 6.15. The Hall–Kier alpha value is -1.81. The molecule has 0 spiro atoms. The fourth-order valence-corrected chi connectivity index (χ4v) is 4.03. The quantitative estimate of drug-likeness (QED) is 0.792. The van der Waals surface area contributed by atoms with Gasteiger partial charge in [-0.25, -0.2) is 4.98 Å².